The molecular formula is C17H22F2N4O. The summed E-state index contributed by atoms with van der Waals surface area (Å²) in [4.78, 5) is 12.2. The predicted molar refractivity (Wildman–Crippen MR) is 89.1 cm³/mol. The number of aromatic nitrogens is 2. The van der Waals surface area contributed by atoms with Gasteiger partial charge in [0.2, 0.25) is 5.91 Å². The van der Waals surface area contributed by atoms with E-state index in [1.54, 1.807) is 13.8 Å². The number of amides is 1. The van der Waals surface area contributed by atoms with Crippen LogP contribution in [0.4, 0.5) is 14.5 Å². The molecule has 0 aliphatic heterocycles. The molecule has 7 heteroatoms. The van der Waals surface area contributed by atoms with E-state index in [0.717, 1.165) is 11.1 Å². The minimum Gasteiger partial charge on any atom is -0.371 e. The number of carbonyl (C=O) groups is 1. The molecule has 0 saturated carbocycles. The van der Waals surface area contributed by atoms with E-state index in [1.165, 1.54) is 10.9 Å². The van der Waals surface area contributed by atoms with Crippen molar-refractivity contribution >= 4 is 11.6 Å². The fourth-order valence-electron chi connectivity index (χ4n) is 2.35. The second-order valence-electron chi connectivity index (χ2n) is 5.73. The van der Waals surface area contributed by atoms with Gasteiger partial charge in [0.1, 0.15) is 12.6 Å². The second kappa shape index (κ2) is 7.90. The van der Waals surface area contributed by atoms with Gasteiger partial charge in [-0.1, -0.05) is 24.3 Å². The highest BCUT2D eigenvalue weighted by atomic mass is 19.3. The van der Waals surface area contributed by atoms with Gasteiger partial charge in [-0.3, -0.25) is 9.48 Å². The summed E-state index contributed by atoms with van der Waals surface area (Å²) < 4.78 is 26.1. The number of hydrogen-bond acceptors (Lipinski definition) is 3. The number of nitrogens with zero attached hydrogens (tertiary/aromatic N) is 2. The Bertz CT molecular complexity index is 700. The largest absolute Gasteiger partial charge is 0.371 e. The Balaban J connectivity index is 1.92. The van der Waals surface area contributed by atoms with Gasteiger partial charge in [0, 0.05) is 6.54 Å². The molecule has 1 aromatic carbocycles. The zero-order valence-corrected chi connectivity index (χ0v) is 14.0. The van der Waals surface area contributed by atoms with E-state index in [4.69, 9.17) is 0 Å². The van der Waals surface area contributed by atoms with Gasteiger partial charge >= 0.3 is 0 Å². The maximum Gasteiger partial charge on any atom is 0.257 e. The fourth-order valence-corrected chi connectivity index (χ4v) is 2.35. The normalized spacial score (nSPS) is 12.2. The Hall–Kier alpha value is -2.44. The number of hydrogen-bond donors (Lipinski definition) is 2. The van der Waals surface area contributed by atoms with Crippen molar-refractivity contribution in [2.75, 3.05) is 5.32 Å². The van der Waals surface area contributed by atoms with Crippen molar-refractivity contribution in [3.8, 4) is 0 Å². The lowest BCUT2D eigenvalue weighted by Crippen LogP contribution is -2.37. The standard InChI is InChI=1S/C17H22F2N4O/c1-11-6-4-5-7-14(11)8-20-17(24)12(2)22-15-9-21-23(13(15)3)10-16(18)19/h4-7,9,12,16,22H,8,10H2,1-3H3,(H,20,24). The van der Waals surface area contributed by atoms with E-state index < -0.39 is 19.0 Å². The minimum atomic E-state index is -2.47. The highest BCUT2D eigenvalue weighted by Crippen LogP contribution is 2.16. The maximum absolute atomic E-state index is 12.4. The number of carbonyl (C=O) groups excluding carboxylic acids is 1. The van der Waals surface area contributed by atoms with Crippen molar-refractivity contribution in [1.29, 1.82) is 0 Å². The van der Waals surface area contributed by atoms with Crippen LogP contribution in [-0.4, -0.2) is 28.2 Å². The van der Waals surface area contributed by atoms with Crippen LogP contribution in [-0.2, 0) is 17.9 Å². The summed E-state index contributed by atoms with van der Waals surface area (Å²) in [5.74, 6) is -0.167. The Kier molecular flexibility index (Phi) is 5.89. The third-order valence-electron chi connectivity index (χ3n) is 3.89. The van der Waals surface area contributed by atoms with E-state index in [2.05, 4.69) is 15.7 Å². The van der Waals surface area contributed by atoms with Gasteiger partial charge < -0.3 is 10.6 Å². The van der Waals surface area contributed by atoms with Crippen LogP contribution in [0.25, 0.3) is 0 Å². The number of benzene rings is 1. The van der Waals surface area contributed by atoms with Crippen LogP contribution in [0.5, 0.6) is 0 Å². The summed E-state index contributed by atoms with van der Waals surface area (Å²) in [6.45, 7) is 5.39. The molecule has 0 aliphatic rings. The molecular weight excluding hydrogens is 314 g/mol. The molecule has 1 heterocycles. The summed E-state index contributed by atoms with van der Waals surface area (Å²) in [5.41, 5.74) is 3.32. The molecule has 2 aromatic rings. The lowest BCUT2D eigenvalue weighted by molar-refractivity contribution is -0.121. The van der Waals surface area contributed by atoms with Crippen LogP contribution in [0.3, 0.4) is 0 Å². The van der Waals surface area contributed by atoms with Crippen molar-refractivity contribution in [1.82, 2.24) is 15.1 Å². The van der Waals surface area contributed by atoms with Crippen LogP contribution in [0, 0.1) is 13.8 Å². The molecule has 5 nitrogen and oxygen atoms in total. The van der Waals surface area contributed by atoms with Gasteiger partial charge in [-0.15, -0.1) is 0 Å². The molecule has 0 spiro atoms. The molecule has 0 radical (unpaired) electrons. The van der Waals surface area contributed by atoms with Crippen LogP contribution in [0.1, 0.15) is 23.7 Å². The first kappa shape index (κ1) is 17.9. The average Bonchev–Trinajstić information content (AvgIpc) is 2.86. The monoisotopic (exact) mass is 336 g/mol. The summed E-state index contributed by atoms with van der Waals surface area (Å²) in [5, 5.41) is 9.80. The first-order valence-corrected chi connectivity index (χ1v) is 7.77. The number of alkyl halides is 2. The topological polar surface area (TPSA) is 59.0 Å². The van der Waals surface area contributed by atoms with Crippen molar-refractivity contribution in [2.24, 2.45) is 0 Å². The zero-order valence-electron chi connectivity index (χ0n) is 14.0. The molecule has 0 aliphatic carbocycles. The summed E-state index contributed by atoms with van der Waals surface area (Å²) in [6.07, 6.45) is -1.01. The number of halogens is 2. The summed E-state index contributed by atoms with van der Waals surface area (Å²) in [6, 6.07) is 7.33. The van der Waals surface area contributed by atoms with Crippen molar-refractivity contribution in [3.05, 3.63) is 47.3 Å². The van der Waals surface area contributed by atoms with Gasteiger partial charge in [0.05, 0.1) is 17.6 Å². The number of anilines is 1. The zero-order chi connectivity index (χ0) is 17.7. The average molecular weight is 336 g/mol. The molecule has 24 heavy (non-hydrogen) atoms. The molecule has 0 bridgehead atoms. The molecule has 0 saturated heterocycles. The van der Waals surface area contributed by atoms with Crippen LogP contribution in [0.2, 0.25) is 0 Å². The number of nitrogens with one attached hydrogen (secondary N) is 2. The molecule has 1 atom stereocenters. The lowest BCUT2D eigenvalue weighted by Gasteiger charge is -2.15. The quantitative estimate of drug-likeness (QED) is 0.817. The number of aryl methyl sites for hydroxylation is 1. The lowest BCUT2D eigenvalue weighted by atomic mass is 10.1. The van der Waals surface area contributed by atoms with E-state index in [-0.39, 0.29) is 5.91 Å². The van der Waals surface area contributed by atoms with Crippen molar-refractivity contribution in [2.45, 2.75) is 46.3 Å². The van der Waals surface area contributed by atoms with Gasteiger partial charge in [0.25, 0.3) is 6.43 Å². The third-order valence-corrected chi connectivity index (χ3v) is 3.89. The molecule has 2 N–H and O–H groups in total. The molecule has 2 rings (SSSR count). The number of rotatable bonds is 7. The van der Waals surface area contributed by atoms with Crippen LogP contribution < -0.4 is 10.6 Å². The van der Waals surface area contributed by atoms with Gasteiger partial charge in [-0.05, 0) is 31.9 Å². The van der Waals surface area contributed by atoms with E-state index in [1.807, 2.05) is 31.2 Å². The van der Waals surface area contributed by atoms with Gasteiger partial charge in [-0.25, -0.2) is 8.78 Å². The third kappa shape index (κ3) is 4.53. The van der Waals surface area contributed by atoms with Gasteiger partial charge in [-0.2, -0.15) is 5.10 Å². The van der Waals surface area contributed by atoms with E-state index in [9.17, 15) is 13.6 Å². The fraction of sp³-hybridized carbons (Fsp3) is 0.412. The minimum absolute atomic E-state index is 0.167. The molecule has 0 fully saturated rings. The Morgan fingerprint density at radius 1 is 1.29 bits per heavy atom. The van der Waals surface area contributed by atoms with Crippen molar-refractivity contribution < 1.29 is 13.6 Å². The first-order valence-electron chi connectivity index (χ1n) is 7.77. The first-order chi connectivity index (χ1) is 11.4. The highest BCUT2D eigenvalue weighted by Gasteiger charge is 2.16. The summed E-state index contributed by atoms with van der Waals surface area (Å²) >= 11 is 0. The van der Waals surface area contributed by atoms with E-state index in [0.29, 0.717) is 17.9 Å². The SMILES string of the molecule is Cc1ccccc1CNC(=O)C(C)Nc1cnn(CC(F)F)c1C. The van der Waals surface area contributed by atoms with Gasteiger partial charge in [0.15, 0.2) is 0 Å². The van der Waals surface area contributed by atoms with E-state index >= 15 is 0 Å². The van der Waals surface area contributed by atoms with Crippen molar-refractivity contribution in [3.63, 3.8) is 0 Å². The molecule has 130 valence electrons. The smallest absolute Gasteiger partial charge is 0.257 e. The molecule has 1 unspecified atom stereocenters. The maximum atomic E-state index is 12.4. The Labute approximate surface area is 140 Å². The van der Waals surface area contributed by atoms with Crippen LogP contribution in [0.15, 0.2) is 30.5 Å². The Morgan fingerprint density at radius 2 is 2.00 bits per heavy atom. The highest BCUT2D eigenvalue weighted by molar-refractivity contribution is 5.84. The molecule has 1 aromatic heterocycles. The predicted octanol–water partition coefficient (Wildman–Crippen LogP) is 2.88. The summed E-state index contributed by atoms with van der Waals surface area (Å²) in [7, 11) is 0. The van der Waals surface area contributed by atoms with Crippen LogP contribution >= 0.6 is 0 Å². The Morgan fingerprint density at radius 3 is 2.67 bits per heavy atom. The second-order valence-corrected chi connectivity index (χ2v) is 5.73. The molecule has 1 amide bonds.